The van der Waals surface area contributed by atoms with E-state index in [-0.39, 0.29) is 29.0 Å². The first-order chi connectivity index (χ1) is 13.6. The Morgan fingerprint density at radius 2 is 1.76 bits per heavy atom. The fourth-order valence-electron chi connectivity index (χ4n) is 3.75. The van der Waals surface area contributed by atoms with Crippen molar-refractivity contribution >= 4 is 21.9 Å². The maximum absolute atomic E-state index is 12.9. The summed E-state index contributed by atoms with van der Waals surface area (Å²) in [4.78, 5) is 24.1. The van der Waals surface area contributed by atoms with E-state index in [0.29, 0.717) is 24.9 Å². The lowest BCUT2D eigenvalue weighted by atomic mass is 9.94. The number of amides is 1. The van der Waals surface area contributed by atoms with Crippen LogP contribution in [0.2, 0.25) is 0 Å². The third-order valence-electron chi connectivity index (χ3n) is 5.03. The molecule has 3 unspecified atom stereocenters. The highest BCUT2D eigenvalue weighted by Crippen LogP contribution is 2.26. The van der Waals surface area contributed by atoms with Gasteiger partial charge in [-0.05, 0) is 55.9 Å². The average Bonchev–Trinajstić information content (AvgIpc) is 2.65. The summed E-state index contributed by atoms with van der Waals surface area (Å²) in [5.74, 6) is -0.387. The van der Waals surface area contributed by atoms with Gasteiger partial charge in [0, 0.05) is 19.1 Å². The second kappa shape index (κ2) is 10.2. The standard InChI is InChI=1S/C21H32N2O5S/c1-5-6-17(4)22-20(24)14-28-21(25)18-7-9-19(10-8-18)29(26,27)23-12-15(2)11-16(3)13-23/h7-10,15-17H,5-6,11-14H2,1-4H3,(H,22,24). The number of esters is 1. The molecule has 7 nitrogen and oxygen atoms in total. The first-order valence-corrected chi connectivity index (χ1v) is 11.6. The Labute approximate surface area is 173 Å². The fraction of sp³-hybridized carbons (Fsp3) is 0.619. The maximum atomic E-state index is 12.9. The van der Waals surface area contributed by atoms with Gasteiger partial charge in [-0.1, -0.05) is 27.2 Å². The van der Waals surface area contributed by atoms with Crippen molar-refractivity contribution in [3.05, 3.63) is 29.8 Å². The van der Waals surface area contributed by atoms with Crippen LogP contribution in [-0.4, -0.2) is 50.3 Å². The first-order valence-electron chi connectivity index (χ1n) is 10.2. The molecule has 0 spiro atoms. The summed E-state index contributed by atoms with van der Waals surface area (Å²) in [5.41, 5.74) is 0.207. The zero-order valence-corrected chi connectivity index (χ0v) is 18.5. The number of carbonyl (C=O) groups excluding carboxylic acids is 2. The van der Waals surface area contributed by atoms with Crippen LogP contribution in [0.3, 0.4) is 0 Å². The zero-order chi connectivity index (χ0) is 21.6. The van der Waals surface area contributed by atoms with Gasteiger partial charge in [0.15, 0.2) is 6.61 Å². The number of hydrogen-bond donors (Lipinski definition) is 1. The molecule has 1 aliphatic heterocycles. The topological polar surface area (TPSA) is 92.8 Å². The summed E-state index contributed by atoms with van der Waals surface area (Å²) >= 11 is 0. The smallest absolute Gasteiger partial charge is 0.338 e. The molecule has 1 amide bonds. The van der Waals surface area contributed by atoms with Crippen LogP contribution in [0.4, 0.5) is 0 Å². The second-order valence-electron chi connectivity index (χ2n) is 8.13. The molecule has 1 aromatic rings. The molecule has 0 saturated carbocycles. The van der Waals surface area contributed by atoms with Crippen LogP contribution >= 0.6 is 0 Å². The summed E-state index contributed by atoms with van der Waals surface area (Å²) in [6, 6.07) is 5.70. The number of ether oxygens (including phenoxy) is 1. The maximum Gasteiger partial charge on any atom is 0.338 e. The van der Waals surface area contributed by atoms with Crippen LogP contribution in [0.5, 0.6) is 0 Å². The van der Waals surface area contributed by atoms with Crippen molar-refractivity contribution in [1.82, 2.24) is 9.62 Å². The lowest BCUT2D eigenvalue weighted by Gasteiger charge is -2.34. The van der Waals surface area contributed by atoms with Crippen molar-refractivity contribution in [1.29, 1.82) is 0 Å². The second-order valence-corrected chi connectivity index (χ2v) is 10.1. The van der Waals surface area contributed by atoms with Gasteiger partial charge in [-0.15, -0.1) is 0 Å². The molecule has 0 aromatic heterocycles. The van der Waals surface area contributed by atoms with Gasteiger partial charge in [-0.2, -0.15) is 4.31 Å². The third kappa shape index (κ3) is 6.54. The Hall–Kier alpha value is -1.93. The molecule has 1 aliphatic rings. The molecule has 2 rings (SSSR count). The van der Waals surface area contributed by atoms with Gasteiger partial charge < -0.3 is 10.1 Å². The Balaban J connectivity index is 1.97. The molecule has 8 heteroatoms. The number of benzene rings is 1. The highest BCUT2D eigenvalue weighted by molar-refractivity contribution is 7.89. The molecule has 1 saturated heterocycles. The quantitative estimate of drug-likeness (QED) is 0.648. The van der Waals surface area contributed by atoms with Crippen molar-refractivity contribution in [3.8, 4) is 0 Å². The predicted octanol–water partition coefficient (Wildman–Crippen LogP) is 2.81. The van der Waals surface area contributed by atoms with Gasteiger partial charge in [-0.25, -0.2) is 13.2 Å². The van der Waals surface area contributed by atoms with Crippen molar-refractivity contribution in [3.63, 3.8) is 0 Å². The molecule has 0 aliphatic carbocycles. The van der Waals surface area contributed by atoms with E-state index < -0.39 is 16.0 Å². The minimum absolute atomic E-state index is 0.0240. The number of carbonyl (C=O) groups is 2. The van der Waals surface area contributed by atoms with Crippen LogP contribution in [0.1, 0.15) is 57.3 Å². The van der Waals surface area contributed by atoms with E-state index in [1.165, 1.54) is 28.6 Å². The minimum atomic E-state index is -3.60. The van der Waals surface area contributed by atoms with Gasteiger partial charge in [0.25, 0.3) is 5.91 Å². The number of nitrogens with one attached hydrogen (secondary N) is 1. The molecule has 1 N–H and O–H groups in total. The zero-order valence-electron chi connectivity index (χ0n) is 17.7. The van der Waals surface area contributed by atoms with Crippen LogP contribution in [-0.2, 0) is 19.6 Å². The molecule has 162 valence electrons. The van der Waals surface area contributed by atoms with Gasteiger partial charge in [0.1, 0.15) is 0 Å². The third-order valence-corrected chi connectivity index (χ3v) is 6.87. The van der Waals surface area contributed by atoms with Crippen LogP contribution < -0.4 is 5.32 Å². The molecular formula is C21H32N2O5S. The van der Waals surface area contributed by atoms with Crippen molar-refractivity contribution in [2.24, 2.45) is 11.8 Å². The molecule has 0 bridgehead atoms. The van der Waals surface area contributed by atoms with E-state index >= 15 is 0 Å². The van der Waals surface area contributed by atoms with E-state index in [4.69, 9.17) is 4.74 Å². The van der Waals surface area contributed by atoms with E-state index in [9.17, 15) is 18.0 Å². The lowest BCUT2D eigenvalue weighted by Crippen LogP contribution is -2.42. The predicted molar refractivity (Wildman–Crippen MR) is 111 cm³/mol. The van der Waals surface area contributed by atoms with E-state index in [1.807, 2.05) is 13.8 Å². The number of sulfonamides is 1. The minimum Gasteiger partial charge on any atom is -0.452 e. The molecule has 1 heterocycles. The van der Waals surface area contributed by atoms with Gasteiger partial charge in [-0.3, -0.25) is 4.79 Å². The van der Waals surface area contributed by atoms with E-state index in [1.54, 1.807) is 0 Å². The molecule has 1 fully saturated rings. The summed E-state index contributed by atoms with van der Waals surface area (Å²) < 4.78 is 32.3. The largest absolute Gasteiger partial charge is 0.452 e. The summed E-state index contributed by atoms with van der Waals surface area (Å²) in [5, 5.41) is 2.76. The molecule has 29 heavy (non-hydrogen) atoms. The lowest BCUT2D eigenvalue weighted by molar-refractivity contribution is -0.124. The first kappa shape index (κ1) is 23.3. The monoisotopic (exact) mass is 424 g/mol. The van der Waals surface area contributed by atoms with Gasteiger partial charge >= 0.3 is 5.97 Å². The number of piperidine rings is 1. The molecule has 1 aromatic carbocycles. The van der Waals surface area contributed by atoms with Crippen molar-refractivity contribution in [2.45, 2.75) is 57.9 Å². The normalized spacial score (nSPS) is 21.4. The van der Waals surface area contributed by atoms with Crippen molar-refractivity contribution < 1.29 is 22.7 Å². The fourth-order valence-corrected chi connectivity index (χ4v) is 5.43. The molecule has 0 radical (unpaired) electrons. The Morgan fingerprint density at radius 3 is 2.31 bits per heavy atom. The van der Waals surface area contributed by atoms with Gasteiger partial charge in [0.05, 0.1) is 10.5 Å². The SMILES string of the molecule is CCCC(C)NC(=O)COC(=O)c1ccc(S(=O)(=O)N2CC(C)CC(C)C2)cc1. The van der Waals surface area contributed by atoms with Crippen molar-refractivity contribution in [2.75, 3.05) is 19.7 Å². The van der Waals surface area contributed by atoms with E-state index in [0.717, 1.165) is 19.3 Å². The number of hydrogen-bond acceptors (Lipinski definition) is 5. The average molecular weight is 425 g/mol. The summed E-state index contributed by atoms with van der Waals surface area (Å²) in [6.45, 7) is 8.67. The van der Waals surface area contributed by atoms with Crippen LogP contribution in [0.25, 0.3) is 0 Å². The Morgan fingerprint density at radius 1 is 1.17 bits per heavy atom. The Kier molecular flexibility index (Phi) is 8.22. The summed E-state index contributed by atoms with van der Waals surface area (Å²) in [6.07, 6.45) is 2.82. The summed E-state index contributed by atoms with van der Waals surface area (Å²) in [7, 11) is -3.60. The number of rotatable bonds is 8. The van der Waals surface area contributed by atoms with Crippen LogP contribution in [0.15, 0.2) is 29.2 Å². The highest BCUT2D eigenvalue weighted by Gasteiger charge is 2.31. The molecular weight excluding hydrogens is 392 g/mol. The van der Waals surface area contributed by atoms with Crippen LogP contribution in [0, 0.1) is 11.8 Å². The number of nitrogens with zero attached hydrogens (tertiary/aromatic N) is 1. The Bertz CT molecular complexity index is 797. The highest BCUT2D eigenvalue weighted by atomic mass is 32.2. The molecule has 3 atom stereocenters. The van der Waals surface area contributed by atoms with Gasteiger partial charge in [0.2, 0.25) is 10.0 Å². The van der Waals surface area contributed by atoms with E-state index in [2.05, 4.69) is 19.2 Å².